The van der Waals surface area contributed by atoms with Crippen molar-refractivity contribution in [2.45, 2.75) is 48.7 Å². The van der Waals surface area contributed by atoms with Crippen molar-refractivity contribution in [1.29, 1.82) is 0 Å². The molecule has 4 heteroatoms. The van der Waals surface area contributed by atoms with Crippen LogP contribution in [-0.2, 0) is 5.60 Å². The Morgan fingerprint density at radius 2 is 2.00 bits per heavy atom. The first-order chi connectivity index (χ1) is 7.66. The summed E-state index contributed by atoms with van der Waals surface area (Å²) in [6.45, 7) is 1.92. The molecule has 0 spiro atoms. The van der Waals surface area contributed by atoms with E-state index in [1.165, 1.54) is 12.8 Å². The summed E-state index contributed by atoms with van der Waals surface area (Å²) in [5.41, 5.74) is 0.928. The number of fused-ring (bicyclic) bond motifs is 2. The topological polar surface area (TPSA) is 46.0 Å². The fourth-order valence-corrected chi connectivity index (χ4v) is 4.65. The zero-order valence-electron chi connectivity index (χ0n) is 9.39. The zero-order chi connectivity index (χ0) is 11.2. The van der Waals surface area contributed by atoms with E-state index in [9.17, 15) is 5.11 Å². The van der Waals surface area contributed by atoms with Crippen molar-refractivity contribution in [1.82, 2.24) is 9.97 Å². The maximum absolute atomic E-state index is 10.7. The van der Waals surface area contributed by atoms with Gasteiger partial charge in [0.05, 0.1) is 17.6 Å². The third kappa shape index (κ3) is 1.74. The predicted molar refractivity (Wildman–Crippen MR) is 64.3 cm³/mol. The number of aliphatic hydroxyl groups is 1. The minimum absolute atomic E-state index is 0.617. The average Bonchev–Trinajstić information content (AvgIpc) is 2.59. The van der Waals surface area contributed by atoms with E-state index in [1.807, 2.05) is 18.7 Å². The maximum Gasteiger partial charge on any atom is 0.110 e. The van der Waals surface area contributed by atoms with Crippen LogP contribution in [0.4, 0.5) is 0 Å². The van der Waals surface area contributed by atoms with Gasteiger partial charge in [-0.1, -0.05) is 0 Å². The van der Waals surface area contributed by atoms with Gasteiger partial charge in [-0.3, -0.25) is 9.97 Å². The van der Waals surface area contributed by atoms with Crippen LogP contribution in [0.25, 0.3) is 0 Å². The Labute approximate surface area is 99.7 Å². The van der Waals surface area contributed by atoms with Crippen LogP contribution >= 0.6 is 11.8 Å². The molecule has 3 heterocycles. The molecule has 3 rings (SSSR count). The van der Waals surface area contributed by atoms with Gasteiger partial charge < -0.3 is 5.11 Å². The Kier molecular flexibility index (Phi) is 2.44. The Morgan fingerprint density at radius 1 is 1.31 bits per heavy atom. The molecule has 2 aliphatic rings. The molecule has 2 aliphatic heterocycles. The number of nitrogens with zero attached hydrogens (tertiary/aromatic N) is 2. The van der Waals surface area contributed by atoms with Gasteiger partial charge in [-0.15, -0.1) is 0 Å². The lowest BCUT2D eigenvalue weighted by atomic mass is 9.90. The normalized spacial score (nSPS) is 37.6. The van der Waals surface area contributed by atoms with Crippen molar-refractivity contribution in [2.24, 2.45) is 0 Å². The second-order valence-electron chi connectivity index (χ2n) is 4.94. The highest BCUT2D eigenvalue weighted by Crippen LogP contribution is 2.50. The predicted octanol–water partition coefficient (Wildman–Crippen LogP) is 2.03. The largest absolute Gasteiger partial charge is 0.383 e. The van der Waals surface area contributed by atoms with E-state index in [0.717, 1.165) is 24.2 Å². The maximum atomic E-state index is 10.7. The molecule has 2 saturated heterocycles. The van der Waals surface area contributed by atoms with Crippen molar-refractivity contribution in [3.8, 4) is 0 Å². The summed E-state index contributed by atoms with van der Waals surface area (Å²) in [7, 11) is 0. The van der Waals surface area contributed by atoms with Crippen LogP contribution in [0.15, 0.2) is 12.4 Å². The first kappa shape index (κ1) is 10.5. The van der Waals surface area contributed by atoms with Crippen molar-refractivity contribution in [3.05, 3.63) is 23.8 Å². The number of hydrogen-bond acceptors (Lipinski definition) is 4. The lowest BCUT2D eigenvalue weighted by Crippen LogP contribution is -2.35. The molecule has 0 aromatic carbocycles. The summed E-state index contributed by atoms with van der Waals surface area (Å²) in [6.07, 6.45) is 7.63. The third-order valence-corrected chi connectivity index (χ3v) is 5.13. The van der Waals surface area contributed by atoms with Gasteiger partial charge in [-0.2, -0.15) is 11.8 Å². The van der Waals surface area contributed by atoms with Gasteiger partial charge in [-0.25, -0.2) is 0 Å². The van der Waals surface area contributed by atoms with E-state index in [4.69, 9.17) is 0 Å². The molecule has 3 nitrogen and oxygen atoms in total. The number of thioether (sulfide) groups is 1. The Hall–Kier alpha value is -0.610. The van der Waals surface area contributed by atoms with Crippen LogP contribution < -0.4 is 0 Å². The molecule has 1 aromatic heterocycles. The van der Waals surface area contributed by atoms with Gasteiger partial charge in [0.1, 0.15) is 5.60 Å². The van der Waals surface area contributed by atoms with E-state index in [2.05, 4.69) is 9.97 Å². The van der Waals surface area contributed by atoms with Crippen LogP contribution in [0.3, 0.4) is 0 Å². The second kappa shape index (κ2) is 3.70. The molecule has 86 valence electrons. The highest BCUT2D eigenvalue weighted by atomic mass is 32.2. The summed E-state index contributed by atoms with van der Waals surface area (Å²) < 4.78 is 0. The fraction of sp³-hybridized carbons (Fsp3) is 0.667. The van der Waals surface area contributed by atoms with Crippen LogP contribution in [0.5, 0.6) is 0 Å². The van der Waals surface area contributed by atoms with E-state index in [-0.39, 0.29) is 0 Å². The second-order valence-corrected chi connectivity index (χ2v) is 6.55. The minimum atomic E-state index is -0.726. The molecule has 2 bridgehead atoms. The summed E-state index contributed by atoms with van der Waals surface area (Å²) in [5, 5.41) is 12.0. The molecular weight excluding hydrogens is 220 g/mol. The number of aryl methyl sites for hydroxylation is 1. The molecule has 1 aromatic rings. The minimum Gasteiger partial charge on any atom is -0.383 e. The fourth-order valence-electron chi connectivity index (χ4n) is 2.81. The van der Waals surface area contributed by atoms with Gasteiger partial charge >= 0.3 is 0 Å². The van der Waals surface area contributed by atoms with Gasteiger partial charge in [0.2, 0.25) is 0 Å². The monoisotopic (exact) mass is 236 g/mol. The molecule has 16 heavy (non-hydrogen) atoms. The first-order valence-corrected chi connectivity index (χ1v) is 6.77. The third-order valence-electron chi connectivity index (χ3n) is 3.56. The molecule has 2 unspecified atom stereocenters. The summed E-state index contributed by atoms with van der Waals surface area (Å²) in [4.78, 5) is 8.59. The molecule has 0 radical (unpaired) electrons. The molecule has 1 N–H and O–H groups in total. The van der Waals surface area contributed by atoms with Crippen molar-refractivity contribution < 1.29 is 5.11 Å². The summed E-state index contributed by atoms with van der Waals surface area (Å²) in [6, 6.07) is 0. The summed E-state index contributed by atoms with van der Waals surface area (Å²) in [5.74, 6) is 0. The Bertz CT molecular complexity index is 398. The standard InChI is InChI=1S/C12H16N2OS/c1-8-6-13-7-11(14-8)12(15)4-9-2-3-10(5-12)16-9/h6-7,9-10,15H,2-5H2,1H3. The van der Waals surface area contributed by atoms with Gasteiger partial charge in [-0.05, 0) is 32.6 Å². The number of hydrogen-bond donors (Lipinski definition) is 1. The molecule has 0 aliphatic carbocycles. The molecule has 0 saturated carbocycles. The smallest absolute Gasteiger partial charge is 0.110 e. The lowest BCUT2D eigenvalue weighted by molar-refractivity contribution is 0.0148. The lowest BCUT2D eigenvalue weighted by Gasteiger charge is -2.35. The van der Waals surface area contributed by atoms with Crippen LogP contribution in [0.1, 0.15) is 37.1 Å². The first-order valence-electron chi connectivity index (χ1n) is 5.83. The quantitative estimate of drug-likeness (QED) is 0.810. The Morgan fingerprint density at radius 3 is 2.62 bits per heavy atom. The highest BCUT2D eigenvalue weighted by Gasteiger charge is 2.45. The van der Waals surface area contributed by atoms with Crippen LogP contribution in [-0.4, -0.2) is 25.6 Å². The Balaban J connectivity index is 1.93. The van der Waals surface area contributed by atoms with Crippen molar-refractivity contribution in [3.63, 3.8) is 0 Å². The van der Waals surface area contributed by atoms with Gasteiger partial charge in [0, 0.05) is 16.7 Å². The van der Waals surface area contributed by atoms with Crippen LogP contribution in [0, 0.1) is 6.92 Å². The number of rotatable bonds is 1. The van der Waals surface area contributed by atoms with Gasteiger partial charge in [0.15, 0.2) is 0 Å². The van der Waals surface area contributed by atoms with Crippen molar-refractivity contribution in [2.75, 3.05) is 0 Å². The zero-order valence-corrected chi connectivity index (χ0v) is 10.2. The van der Waals surface area contributed by atoms with E-state index in [1.54, 1.807) is 12.4 Å². The van der Waals surface area contributed by atoms with E-state index in [0.29, 0.717) is 10.5 Å². The molecular formula is C12H16N2OS. The highest BCUT2D eigenvalue weighted by molar-refractivity contribution is 8.00. The van der Waals surface area contributed by atoms with E-state index < -0.39 is 5.60 Å². The van der Waals surface area contributed by atoms with Gasteiger partial charge in [0.25, 0.3) is 0 Å². The van der Waals surface area contributed by atoms with E-state index >= 15 is 0 Å². The molecule has 2 atom stereocenters. The summed E-state index contributed by atoms with van der Waals surface area (Å²) >= 11 is 2.05. The number of aromatic nitrogens is 2. The average molecular weight is 236 g/mol. The van der Waals surface area contributed by atoms with Crippen LogP contribution in [0.2, 0.25) is 0 Å². The molecule has 2 fully saturated rings. The SMILES string of the molecule is Cc1cncc(C2(O)CC3CCC(C2)S3)n1. The molecule has 0 amide bonds. The van der Waals surface area contributed by atoms with Crippen molar-refractivity contribution >= 4 is 11.8 Å².